The van der Waals surface area contributed by atoms with Crippen molar-refractivity contribution in [1.29, 1.82) is 5.26 Å². The Labute approximate surface area is 154 Å². The van der Waals surface area contributed by atoms with Crippen molar-refractivity contribution in [2.75, 3.05) is 0 Å². The van der Waals surface area contributed by atoms with E-state index in [1.54, 1.807) is 6.92 Å². The fraction of sp³-hybridized carbons (Fsp3) is 0.778. The lowest BCUT2D eigenvalue weighted by atomic mass is 9.90. The number of hydrogen-bond donors (Lipinski definition) is 2. The van der Waals surface area contributed by atoms with Gasteiger partial charge in [0.15, 0.2) is 0 Å². The van der Waals surface area contributed by atoms with Crippen molar-refractivity contribution < 1.29 is 4.79 Å². The zero-order valence-electron chi connectivity index (χ0n) is 15.6. The fourth-order valence-electron chi connectivity index (χ4n) is 2.95. The third-order valence-electron chi connectivity index (χ3n) is 5.20. The quantitative estimate of drug-likeness (QED) is 0.690. The van der Waals surface area contributed by atoms with Gasteiger partial charge in [-0.2, -0.15) is 5.26 Å². The highest BCUT2D eigenvalue weighted by atomic mass is 32.2. The summed E-state index contributed by atoms with van der Waals surface area (Å²) in [6.07, 6.45) is 7.45. The Bertz CT molecular complexity index is 617. The van der Waals surface area contributed by atoms with Crippen molar-refractivity contribution in [2.24, 2.45) is 11.8 Å². The number of hydrogen-bond acceptors (Lipinski definition) is 5. The summed E-state index contributed by atoms with van der Waals surface area (Å²) in [6, 6.07) is 2.20. The predicted molar refractivity (Wildman–Crippen MR) is 99.0 cm³/mol. The summed E-state index contributed by atoms with van der Waals surface area (Å²) in [5.41, 5.74) is -0.864. The second-order valence-corrected chi connectivity index (χ2v) is 8.78. The molecule has 1 amide bonds. The minimum absolute atomic E-state index is 0.0318. The highest BCUT2D eigenvalue weighted by Gasteiger charge is 2.32. The first kappa shape index (κ1) is 19.8. The molecular weight excluding hydrogens is 334 g/mol. The van der Waals surface area contributed by atoms with Crippen LogP contribution < -0.4 is 5.32 Å². The summed E-state index contributed by atoms with van der Waals surface area (Å²) in [5.74, 6) is 1.58. The molecule has 1 aromatic rings. The number of carbonyl (C=O) groups excluding carboxylic acids is 1. The van der Waals surface area contributed by atoms with Gasteiger partial charge in [-0.1, -0.05) is 51.3 Å². The number of amides is 1. The van der Waals surface area contributed by atoms with Crippen LogP contribution in [0, 0.1) is 23.2 Å². The van der Waals surface area contributed by atoms with E-state index in [1.807, 2.05) is 20.8 Å². The van der Waals surface area contributed by atoms with Gasteiger partial charge < -0.3 is 5.32 Å². The summed E-state index contributed by atoms with van der Waals surface area (Å²) in [4.78, 5) is 16.9. The van der Waals surface area contributed by atoms with Gasteiger partial charge in [-0.3, -0.25) is 9.89 Å². The van der Waals surface area contributed by atoms with Crippen LogP contribution in [0.3, 0.4) is 0 Å². The van der Waals surface area contributed by atoms with E-state index in [4.69, 9.17) is 0 Å². The zero-order valence-corrected chi connectivity index (χ0v) is 16.4. The highest BCUT2D eigenvalue weighted by molar-refractivity contribution is 8.00. The van der Waals surface area contributed by atoms with Gasteiger partial charge in [0.1, 0.15) is 11.4 Å². The van der Waals surface area contributed by atoms with Gasteiger partial charge >= 0.3 is 0 Å². The normalized spacial score (nSPS) is 18.7. The van der Waals surface area contributed by atoms with Crippen LogP contribution in [-0.2, 0) is 11.2 Å². The van der Waals surface area contributed by atoms with Crippen molar-refractivity contribution in [3.8, 4) is 6.07 Å². The van der Waals surface area contributed by atoms with Gasteiger partial charge in [0.05, 0.1) is 11.3 Å². The van der Waals surface area contributed by atoms with Gasteiger partial charge in [0, 0.05) is 6.42 Å². The van der Waals surface area contributed by atoms with Crippen molar-refractivity contribution in [1.82, 2.24) is 20.5 Å². The average Bonchev–Trinajstić information content (AvgIpc) is 3.24. The van der Waals surface area contributed by atoms with Gasteiger partial charge in [0.25, 0.3) is 0 Å². The molecule has 0 aliphatic heterocycles. The minimum Gasteiger partial charge on any atom is -0.337 e. The summed E-state index contributed by atoms with van der Waals surface area (Å²) in [5, 5.41) is 19.6. The van der Waals surface area contributed by atoms with Crippen LogP contribution in [-0.4, -0.2) is 31.9 Å². The number of aromatic nitrogens is 3. The van der Waals surface area contributed by atoms with Crippen molar-refractivity contribution in [3.05, 3.63) is 5.82 Å². The maximum atomic E-state index is 12.4. The van der Waals surface area contributed by atoms with Gasteiger partial charge in [0.2, 0.25) is 11.1 Å². The van der Waals surface area contributed by atoms with E-state index in [1.165, 1.54) is 37.4 Å². The van der Waals surface area contributed by atoms with Gasteiger partial charge in [-0.25, -0.2) is 4.98 Å². The third kappa shape index (κ3) is 5.46. The van der Waals surface area contributed by atoms with E-state index in [2.05, 4.69) is 26.6 Å². The molecule has 2 N–H and O–H groups in total. The first-order valence-electron chi connectivity index (χ1n) is 9.15. The van der Waals surface area contributed by atoms with Crippen LogP contribution in [0.2, 0.25) is 0 Å². The minimum atomic E-state index is -0.864. The Balaban J connectivity index is 1.84. The maximum Gasteiger partial charge on any atom is 0.234 e. The molecule has 138 valence electrons. The molecule has 1 heterocycles. The molecule has 0 spiro atoms. The molecule has 25 heavy (non-hydrogen) atoms. The Kier molecular flexibility index (Phi) is 6.88. The molecule has 1 saturated carbocycles. The Morgan fingerprint density at radius 3 is 2.72 bits per heavy atom. The first-order chi connectivity index (χ1) is 11.8. The average molecular weight is 364 g/mol. The third-order valence-corrected chi connectivity index (χ3v) is 6.16. The van der Waals surface area contributed by atoms with E-state index in [0.717, 1.165) is 24.6 Å². The summed E-state index contributed by atoms with van der Waals surface area (Å²) in [7, 11) is 0. The Morgan fingerprint density at radius 1 is 1.44 bits per heavy atom. The number of aromatic amines is 1. The molecule has 0 bridgehead atoms. The lowest BCUT2D eigenvalue weighted by molar-refractivity contribution is -0.121. The fourth-order valence-corrected chi connectivity index (χ4v) is 3.70. The van der Waals surface area contributed by atoms with E-state index >= 15 is 0 Å². The summed E-state index contributed by atoms with van der Waals surface area (Å²) < 4.78 is 0. The molecule has 2 atom stereocenters. The monoisotopic (exact) mass is 363 g/mol. The van der Waals surface area contributed by atoms with E-state index < -0.39 is 5.54 Å². The lowest BCUT2D eigenvalue weighted by Gasteiger charge is -2.28. The summed E-state index contributed by atoms with van der Waals surface area (Å²) >= 11 is 1.32. The van der Waals surface area contributed by atoms with Crippen LogP contribution in [0.25, 0.3) is 0 Å². The van der Waals surface area contributed by atoms with Crippen LogP contribution in [0.5, 0.6) is 0 Å². The number of carbonyl (C=O) groups is 1. The number of nitrogens with one attached hydrogen (secondary N) is 2. The molecule has 1 aliphatic carbocycles. The molecule has 0 saturated heterocycles. The molecule has 2 rings (SSSR count). The van der Waals surface area contributed by atoms with Crippen LogP contribution in [0.4, 0.5) is 0 Å². The first-order valence-corrected chi connectivity index (χ1v) is 10.0. The molecule has 1 aromatic heterocycles. The number of rotatable bonds is 8. The number of H-pyrrole nitrogens is 1. The van der Waals surface area contributed by atoms with E-state index in [0.29, 0.717) is 5.16 Å². The second kappa shape index (κ2) is 8.70. The van der Waals surface area contributed by atoms with Crippen molar-refractivity contribution in [3.63, 3.8) is 0 Å². The van der Waals surface area contributed by atoms with Gasteiger partial charge in [-0.15, -0.1) is 5.10 Å². The van der Waals surface area contributed by atoms with Crippen molar-refractivity contribution >= 4 is 17.7 Å². The molecular formula is C18H29N5OS. The standard InChI is InChI=1S/C18H29N5OS/c1-12(2)18(4,11-19)21-16(24)13(3)25-17-20-15(22-23-17)10-9-14-7-5-6-8-14/h12-14H,5-10H2,1-4H3,(H,21,24)(H,20,22,23). The van der Waals surface area contributed by atoms with Crippen molar-refractivity contribution in [2.45, 2.75) is 82.2 Å². The molecule has 1 fully saturated rings. The van der Waals surface area contributed by atoms with Crippen LogP contribution in [0.1, 0.15) is 65.6 Å². The second-order valence-electron chi connectivity index (χ2n) is 7.47. The van der Waals surface area contributed by atoms with Crippen LogP contribution in [0.15, 0.2) is 5.16 Å². The van der Waals surface area contributed by atoms with Gasteiger partial charge in [-0.05, 0) is 32.1 Å². The molecule has 0 aromatic carbocycles. The topological polar surface area (TPSA) is 94.5 Å². The Hall–Kier alpha value is -1.55. The molecule has 2 unspecified atom stereocenters. The zero-order chi connectivity index (χ0) is 18.4. The molecule has 6 nitrogen and oxygen atoms in total. The smallest absolute Gasteiger partial charge is 0.234 e. The molecule has 1 aliphatic rings. The molecule has 7 heteroatoms. The number of nitriles is 1. The Morgan fingerprint density at radius 2 is 2.12 bits per heavy atom. The number of thioether (sulfide) groups is 1. The lowest BCUT2D eigenvalue weighted by Crippen LogP contribution is -2.51. The largest absolute Gasteiger partial charge is 0.337 e. The number of nitrogens with zero attached hydrogens (tertiary/aromatic N) is 3. The SMILES string of the molecule is CC(Sc1n[nH]c(CCC2CCCC2)n1)C(=O)NC(C)(C#N)C(C)C. The van der Waals surface area contributed by atoms with E-state index in [-0.39, 0.29) is 17.1 Å². The summed E-state index contributed by atoms with van der Waals surface area (Å²) in [6.45, 7) is 7.41. The van der Waals surface area contributed by atoms with Crippen LogP contribution >= 0.6 is 11.8 Å². The van der Waals surface area contributed by atoms with E-state index in [9.17, 15) is 10.1 Å². The highest BCUT2D eigenvalue weighted by Crippen LogP contribution is 2.28. The molecule has 0 radical (unpaired) electrons. The predicted octanol–water partition coefficient (Wildman–Crippen LogP) is 3.46. The number of aryl methyl sites for hydroxylation is 1. The maximum absolute atomic E-state index is 12.4.